The summed E-state index contributed by atoms with van der Waals surface area (Å²) < 4.78 is 18.1. The molecule has 5 heteroatoms. The first kappa shape index (κ1) is 17.5. The summed E-state index contributed by atoms with van der Waals surface area (Å²) in [6.07, 6.45) is -0.943. The Hall–Kier alpha value is -3.57. The molecule has 1 N–H and O–H groups in total. The van der Waals surface area contributed by atoms with E-state index in [2.05, 4.69) is 0 Å². The highest BCUT2D eigenvalue weighted by molar-refractivity contribution is 5.78. The van der Waals surface area contributed by atoms with E-state index in [1.54, 1.807) is 24.3 Å². The van der Waals surface area contributed by atoms with Crippen LogP contribution in [0.1, 0.15) is 11.7 Å². The van der Waals surface area contributed by atoms with Crippen molar-refractivity contribution in [2.24, 2.45) is 0 Å². The molecule has 0 spiro atoms. The van der Waals surface area contributed by atoms with Crippen molar-refractivity contribution >= 4 is 11.0 Å². The molecule has 2 unspecified atom stereocenters. The van der Waals surface area contributed by atoms with Crippen molar-refractivity contribution in [1.29, 1.82) is 0 Å². The van der Waals surface area contributed by atoms with Crippen LogP contribution in [0.3, 0.4) is 0 Å². The molecule has 2 heterocycles. The third-order valence-electron chi connectivity index (χ3n) is 5.04. The lowest BCUT2D eigenvalue weighted by atomic mass is 10.0. The smallest absolute Gasteiger partial charge is 0.193 e. The van der Waals surface area contributed by atoms with Crippen LogP contribution in [0.15, 0.2) is 88.1 Å². The predicted molar refractivity (Wildman–Crippen MR) is 109 cm³/mol. The van der Waals surface area contributed by atoms with Crippen molar-refractivity contribution in [2.75, 3.05) is 6.61 Å². The lowest BCUT2D eigenvalue weighted by Gasteiger charge is -2.33. The van der Waals surface area contributed by atoms with Crippen molar-refractivity contribution in [1.82, 2.24) is 0 Å². The number of aliphatic hydroxyl groups is 1. The Bertz CT molecular complexity index is 1230. The van der Waals surface area contributed by atoms with E-state index in [0.717, 1.165) is 5.56 Å². The van der Waals surface area contributed by atoms with Crippen LogP contribution in [-0.4, -0.2) is 17.8 Å². The maximum absolute atomic E-state index is 12.4. The van der Waals surface area contributed by atoms with E-state index in [1.165, 1.54) is 6.07 Å². The first-order chi connectivity index (χ1) is 14.2. The lowest BCUT2D eigenvalue weighted by molar-refractivity contribution is -0.0122. The summed E-state index contributed by atoms with van der Waals surface area (Å²) in [4.78, 5) is 12.4. The normalized spacial score (nSPS) is 18.0. The molecule has 144 valence electrons. The summed E-state index contributed by atoms with van der Waals surface area (Å²) in [6.45, 7) is -0.166. The number of para-hydroxylation sites is 1. The van der Waals surface area contributed by atoms with Gasteiger partial charge in [-0.1, -0.05) is 42.5 Å². The third kappa shape index (κ3) is 3.15. The van der Waals surface area contributed by atoms with E-state index in [4.69, 9.17) is 13.9 Å². The number of hydrogen-bond donors (Lipinski definition) is 1. The van der Waals surface area contributed by atoms with Crippen LogP contribution >= 0.6 is 0 Å². The molecular formula is C24H18O5. The monoisotopic (exact) mass is 386 g/mol. The van der Waals surface area contributed by atoms with Crippen LogP contribution in [0.2, 0.25) is 0 Å². The molecule has 0 amide bonds. The number of hydrogen-bond acceptors (Lipinski definition) is 5. The fraction of sp³-hybridized carbons (Fsp3) is 0.125. The molecule has 5 nitrogen and oxygen atoms in total. The van der Waals surface area contributed by atoms with Crippen molar-refractivity contribution in [2.45, 2.75) is 12.2 Å². The SMILES string of the molecule is O=c1cc(-c2ccc3c(c2)OC(c2ccccc2)C(CO)O3)oc2ccccc12. The minimum absolute atomic E-state index is 0.0979. The fourth-order valence-corrected chi connectivity index (χ4v) is 3.59. The van der Waals surface area contributed by atoms with Gasteiger partial charge in [0.15, 0.2) is 29.1 Å². The Morgan fingerprint density at radius 3 is 2.45 bits per heavy atom. The van der Waals surface area contributed by atoms with Crippen molar-refractivity contribution in [3.8, 4) is 22.8 Å². The van der Waals surface area contributed by atoms with Gasteiger partial charge in [0.05, 0.1) is 12.0 Å². The number of ether oxygens (including phenoxy) is 2. The van der Waals surface area contributed by atoms with E-state index < -0.39 is 12.2 Å². The topological polar surface area (TPSA) is 68.9 Å². The number of aliphatic hydroxyl groups excluding tert-OH is 1. The zero-order valence-corrected chi connectivity index (χ0v) is 15.4. The van der Waals surface area contributed by atoms with Gasteiger partial charge in [0, 0.05) is 11.6 Å². The van der Waals surface area contributed by atoms with Gasteiger partial charge >= 0.3 is 0 Å². The Morgan fingerprint density at radius 1 is 0.828 bits per heavy atom. The Labute approximate surface area is 166 Å². The van der Waals surface area contributed by atoms with Crippen molar-refractivity contribution < 1.29 is 19.0 Å². The highest BCUT2D eigenvalue weighted by Gasteiger charge is 2.32. The van der Waals surface area contributed by atoms with E-state index >= 15 is 0 Å². The number of fused-ring (bicyclic) bond motifs is 2. The van der Waals surface area contributed by atoms with E-state index in [1.807, 2.05) is 48.5 Å². The van der Waals surface area contributed by atoms with Gasteiger partial charge in [0.2, 0.25) is 0 Å². The van der Waals surface area contributed by atoms with Gasteiger partial charge in [0.25, 0.3) is 0 Å². The molecule has 0 aliphatic carbocycles. The molecule has 1 aliphatic heterocycles. The van der Waals surface area contributed by atoms with E-state index in [0.29, 0.717) is 33.8 Å². The molecular weight excluding hydrogens is 368 g/mol. The predicted octanol–water partition coefficient (Wildman–Crippen LogP) is 4.33. The largest absolute Gasteiger partial charge is 0.480 e. The molecule has 4 aromatic rings. The highest BCUT2D eigenvalue weighted by Crippen LogP contribution is 2.41. The van der Waals surface area contributed by atoms with Crippen LogP contribution in [0.4, 0.5) is 0 Å². The average molecular weight is 386 g/mol. The molecule has 1 aliphatic rings. The summed E-state index contributed by atoms with van der Waals surface area (Å²) in [5, 5.41) is 10.3. The Morgan fingerprint density at radius 2 is 1.62 bits per heavy atom. The van der Waals surface area contributed by atoms with Crippen LogP contribution < -0.4 is 14.9 Å². The molecule has 1 aromatic heterocycles. The van der Waals surface area contributed by atoms with Crippen LogP contribution in [0.25, 0.3) is 22.3 Å². The zero-order chi connectivity index (χ0) is 19.8. The third-order valence-corrected chi connectivity index (χ3v) is 5.04. The van der Waals surface area contributed by atoms with Crippen LogP contribution in [-0.2, 0) is 0 Å². The molecule has 0 fully saturated rings. The molecule has 29 heavy (non-hydrogen) atoms. The van der Waals surface area contributed by atoms with Gasteiger partial charge in [0.1, 0.15) is 11.3 Å². The zero-order valence-electron chi connectivity index (χ0n) is 15.4. The van der Waals surface area contributed by atoms with Gasteiger partial charge in [-0.15, -0.1) is 0 Å². The first-order valence-corrected chi connectivity index (χ1v) is 9.39. The first-order valence-electron chi connectivity index (χ1n) is 9.39. The summed E-state index contributed by atoms with van der Waals surface area (Å²) in [6, 6.07) is 23.7. The fourth-order valence-electron chi connectivity index (χ4n) is 3.59. The molecule has 3 aromatic carbocycles. The van der Waals surface area contributed by atoms with Gasteiger partial charge in [-0.05, 0) is 35.9 Å². The molecule has 0 saturated heterocycles. The van der Waals surface area contributed by atoms with Crippen molar-refractivity contribution in [3.63, 3.8) is 0 Å². The summed E-state index contributed by atoms with van der Waals surface area (Å²) in [5.74, 6) is 1.54. The molecule has 2 atom stereocenters. The Kier molecular flexibility index (Phi) is 4.30. The quantitative estimate of drug-likeness (QED) is 0.567. The summed E-state index contributed by atoms with van der Waals surface area (Å²) in [7, 11) is 0. The lowest BCUT2D eigenvalue weighted by Crippen LogP contribution is -2.36. The second-order valence-electron chi connectivity index (χ2n) is 6.92. The van der Waals surface area contributed by atoms with Crippen molar-refractivity contribution in [3.05, 3.63) is 94.6 Å². The Balaban J connectivity index is 1.56. The van der Waals surface area contributed by atoms with Gasteiger partial charge in [-0.2, -0.15) is 0 Å². The van der Waals surface area contributed by atoms with Gasteiger partial charge < -0.3 is 19.0 Å². The minimum Gasteiger partial charge on any atom is -0.480 e. The standard InChI is InChI=1S/C24H18O5/c25-14-23-24(15-6-2-1-3-7-15)29-22-12-16(10-11-20(22)28-23)21-13-18(26)17-8-4-5-9-19(17)27-21/h1-13,23-25H,14H2. The molecule has 0 saturated carbocycles. The van der Waals surface area contributed by atoms with Gasteiger partial charge in [-0.3, -0.25) is 4.79 Å². The number of rotatable bonds is 3. The summed E-state index contributed by atoms with van der Waals surface area (Å²) in [5.41, 5.74) is 2.07. The van der Waals surface area contributed by atoms with E-state index in [9.17, 15) is 9.90 Å². The highest BCUT2D eigenvalue weighted by atomic mass is 16.6. The maximum Gasteiger partial charge on any atom is 0.193 e. The molecule has 0 bridgehead atoms. The molecule has 5 rings (SSSR count). The van der Waals surface area contributed by atoms with Gasteiger partial charge in [-0.25, -0.2) is 0 Å². The van der Waals surface area contributed by atoms with Crippen LogP contribution in [0.5, 0.6) is 11.5 Å². The summed E-state index contributed by atoms with van der Waals surface area (Å²) >= 11 is 0. The maximum atomic E-state index is 12.4. The molecule has 0 radical (unpaired) electrons. The average Bonchev–Trinajstić information content (AvgIpc) is 2.78. The second-order valence-corrected chi connectivity index (χ2v) is 6.92. The second kappa shape index (κ2) is 7.11. The minimum atomic E-state index is -0.505. The van der Waals surface area contributed by atoms with E-state index in [-0.39, 0.29) is 12.0 Å². The van der Waals surface area contributed by atoms with Crippen LogP contribution in [0, 0.1) is 0 Å². The number of benzene rings is 3.